The van der Waals surface area contributed by atoms with Gasteiger partial charge in [-0.1, -0.05) is 19.1 Å². The largest absolute Gasteiger partial charge is 0.497 e. The molecule has 0 spiro atoms. The van der Waals surface area contributed by atoms with Gasteiger partial charge in [0.25, 0.3) is 0 Å². The first-order chi connectivity index (χ1) is 11.7. The topological polar surface area (TPSA) is 51.2 Å². The maximum Gasteiger partial charge on any atom is 0.224 e. The lowest BCUT2D eigenvalue weighted by Gasteiger charge is -2.04. The Bertz CT molecular complexity index is 823. The molecule has 122 valence electrons. The third-order valence-corrected chi connectivity index (χ3v) is 4.52. The molecular weight excluding hydrogens is 320 g/mol. The smallest absolute Gasteiger partial charge is 0.224 e. The highest BCUT2D eigenvalue weighted by molar-refractivity contribution is 7.13. The molecule has 0 saturated carbocycles. The van der Waals surface area contributed by atoms with Gasteiger partial charge >= 0.3 is 0 Å². The summed E-state index contributed by atoms with van der Waals surface area (Å²) in [6.45, 7) is 1.83. The predicted octanol–water partition coefficient (Wildman–Crippen LogP) is 4.83. The van der Waals surface area contributed by atoms with Crippen molar-refractivity contribution >= 4 is 22.9 Å². The summed E-state index contributed by atoms with van der Waals surface area (Å²) in [5.41, 5.74) is 3.83. The average Bonchev–Trinajstić information content (AvgIpc) is 3.12. The lowest BCUT2D eigenvalue weighted by atomic mass is 10.1. The van der Waals surface area contributed by atoms with Crippen LogP contribution in [0.5, 0.6) is 5.75 Å². The van der Waals surface area contributed by atoms with Crippen molar-refractivity contribution in [2.75, 3.05) is 12.4 Å². The summed E-state index contributed by atoms with van der Waals surface area (Å²) in [5, 5.41) is 5.85. The number of rotatable bonds is 5. The number of anilines is 1. The van der Waals surface area contributed by atoms with Crippen LogP contribution in [0.1, 0.15) is 13.3 Å². The Morgan fingerprint density at radius 1 is 1.08 bits per heavy atom. The van der Waals surface area contributed by atoms with E-state index < -0.39 is 0 Å². The Labute approximate surface area is 145 Å². The van der Waals surface area contributed by atoms with Gasteiger partial charge in [0.1, 0.15) is 10.8 Å². The molecule has 1 heterocycles. The lowest BCUT2D eigenvalue weighted by molar-refractivity contribution is -0.115. The molecule has 0 fully saturated rings. The molecule has 3 rings (SSSR count). The number of carbonyl (C=O) groups excluding carboxylic acids is 1. The number of nitrogens with zero attached hydrogens (tertiary/aromatic N) is 1. The number of benzene rings is 2. The Balaban J connectivity index is 1.78. The fraction of sp³-hybridized carbons (Fsp3) is 0.158. The Morgan fingerprint density at radius 3 is 2.38 bits per heavy atom. The van der Waals surface area contributed by atoms with Gasteiger partial charge in [-0.2, -0.15) is 0 Å². The number of hydrogen-bond donors (Lipinski definition) is 1. The molecule has 0 aliphatic carbocycles. The summed E-state index contributed by atoms with van der Waals surface area (Å²) in [5.74, 6) is 0.846. The van der Waals surface area contributed by atoms with Crippen molar-refractivity contribution in [2.45, 2.75) is 13.3 Å². The van der Waals surface area contributed by atoms with Crippen LogP contribution >= 0.6 is 11.3 Å². The second kappa shape index (κ2) is 7.27. The molecule has 0 aliphatic rings. The number of ether oxygens (including phenoxy) is 1. The van der Waals surface area contributed by atoms with Crippen molar-refractivity contribution in [3.05, 3.63) is 53.9 Å². The van der Waals surface area contributed by atoms with Crippen molar-refractivity contribution in [1.82, 2.24) is 4.98 Å². The number of methoxy groups -OCH3 is 1. The minimum absolute atomic E-state index is 0.0122. The van der Waals surface area contributed by atoms with Crippen molar-refractivity contribution in [3.63, 3.8) is 0 Å². The van der Waals surface area contributed by atoms with Crippen LogP contribution in [0.4, 0.5) is 5.69 Å². The molecule has 0 unspecified atom stereocenters. The number of nitrogens with one attached hydrogen (secondary N) is 1. The number of carbonyl (C=O) groups is 1. The van der Waals surface area contributed by atoms with E-state index >= 15 is 0 Å². The standard InChI is InChI=1S/C19H18N2O2S/c1-3-18(22)20-15-8-4-13(5-9-15)17-12-24-19(21-17)14-6-10-16(23-2)11-7-14/h4-12H,3H2,1-2H3,(H,20,22). The normalized spacial score (nSPS) is 10.4. The summed E-state index contributed by atoms with van der Waals surface area (Å²) >= 11 is 1.61. The van der Waals surface area contributed by atoms with Crippen LogP contribution in [0.2, 0.25) is 0 Å². The number of amides is 1. The average molecular weight is 338 g/mol. The molecule has 1 aromatic heterocycles. The van der Waals surface area contributed by atoms with Gasteiger partial charge in [0, 0.05) is 28.6 Å². The first-order valence-corrected chi connectivity index (χ1v) is 8.58. The van der Waals surface area contributed by atoms with Crippen molar-refractivity contribution in [1.29, 1.82) is 0 Å². The number of aromatic nitrogens is 1. The van der Waals surface area contributed by atoms with Gasteiger partial charge in [-0.25, -0.2) is 4.98 Å². The molecule has 0 atom stereocenters. The minimum atomic E-state index is 0.0122. The van der Waals surface area contributed by atoms with Gasteiger partial charge in [-0.05, 0) is 36.4 Å². The first kappa shape index (κ1) is 16.2. The second-order valence-electron chi connectivity index (χ2n) is 5.25. The van der Waals surface area contributed by atoms with E-state index in [1.165, 1.54) is 0 Å². The Morgan fingerprint density at radius 2 is 1.75 bits per heavy atom. The number of hydrogen-bond acceptors (Lipinski definition) is 4. The fourth-order valence-electron chi connectivity index (χ4n) is 2.25. The van der Waals surface area contributed by atoms with E-state index in [0.29, 0.717) is 6.42 Å². The highest BCUT2D eigenvalue weighted by Crippen LogP contribution is 2.30. The molecule has 1 N–H and O–H groups in total. The van der Waals surface area contributed by atoms with Crippen LogP contribution in [0.3, 0.4) is 0 Å². The predicted molar refractivity (Wildman–Crippen MR) is 98.5 cm³/mol. The first-order valence-electron chi connectivity index (χ1n) is 7.70. The molecule has 4 nitrogen and oxygen atoms in total. The summed E-state index contributed by atoms with van der Waals surface area (Å²) in [7, 11) is 1.66. The van der Waals surface area contributed by atoms with E-state index in [4.69, 9.17) is 9.72 Å². The summed E-state index contributed by atoms with van der Waals surface area (Å²) in [6, 6.07) is 15.6. The van der Waals surface area contributed by atoms with Gasteiger partial charge in [0.15, 0.2) is 0 Å². The van der Waals surface area contributed by atoms with E-state index in [1.54, 1.807) is 18.4 Å². The zero-order valence-electron chi connectivity index (χ0n) is 13.6. The zero-order valence-corrected chi connectivity index (χ0v) is 14.4. The van der Waals surface area contributed by atoms with Crippen molar-refractivity contribution in [3.8, 4) is 27.6 Å². The molecular formula is C19H18N2O2S. The zero-order chi connectivity index (χ0) is 16.9. The van der Waals surface area contributed by atoms with E-state index in [1.807, 2.05) is 60.8 Å². The highest BCUT2D eigenvalue weighted by Gasteiger charge is 2.07. The molecule has 0 aliphatic heterocycles. The molecule has 0 saturated heterocycles. The molecule has 24 heavy (non-hydrogen) atoms. The molecule has 1 amide bonds. The quantitative estimate of drug-likeness (QED) is 0.724. The Hall–Kier alpha value is -2.66. The summed E-state index contributed by atoms with van der Waals surface area (Å²) < 4.78 is 5.18. The lowest BCUT2D eigenvalue weighted by Crippen LogP contribution is -2.08. The van der Waals surface area contributed by atoms with E-state index in [0.717, 1.165) is 33.3 Å². The highest BCUT2D eigenvalue weighted by atomic mass is 32.1. The van der Waals surface area contributed by atoms with E-state index in [9.17, 15) is 4.79 Å². The van der Waals surface area contributed by atoms with Gasteiger partial charge in [0.05, 0.1) is 12.8 Å². The maximum absolute atomic E-state index is 11.4. The maximum atomic E-state index is 11.4. The molecule has 2 aromatic carbocycles. The van der Waals surface area contributed by atoms with Gasteiger partial charge in [0.2, 0.25) is 5.91 Å². The SMILES string of the molecule is CCC(=O)Nc1ccc(-c2csc(-c3ccc(OC)cc3)n2)cc1. The van der Waals surface area contributed by atoms with E-state index in [2.05, 4.69) is 5.32 Å². The fourth-order valence-corrected chi connectivity index (χ4v) is 3.08. The van der Waals surface area contributed by atoms with Crippen LogP contribution in [0.15, 0.2) is 53.9 Å². The Kier molecular flexibility index (Phi) is 4.91. The van der Waals surface area contributed by atoms with E-state index in [-0.39, 0.29) is 5.91 Å². The monoisotopic (exact) mass is 338 g/mol. The summed E-state index contributed by atoms with van der Waals surface area (Å²) in [6.07, 6.45) is 0.471. The van der Waals surface area contributed by atoms with Gasteiger partial charge in [-0.3, -0.25) is 4.79 Å². The van der Waals surface area contributed by atoms with Gasteiger partial charge < -0.3 is 10.1 Å². The van der Waals surface area contributed by atoms with Gasteiger partial charge in [-0.15, -0.1) is 11.3 Å². The van der Waals surface area contributed by atoms with Crippen molar-refractivity contribution in [2.24, 2.45) is 0 Å². The van der Waals surface area contributed by atoms with Crippen molar-refractivity contribution < 1.29 is 9.53 Å². The molecule has 5 heteroatoms. The molecule has 0 bridgehead atoms. The number of thiazole rings is 1. The van der Waals surface area contributed by atoms with Crippen LogP contribution in [-0.4, -0.2) is 18.0 Å². The second-order valence-corrected chi connectivity index (χ2v) is 6.10. The van der Waals surface area contributed by atoms with Crippen LogP contribution in [0, 0.1) is 0 Å². The summed E-state index contributed by atoms with van der Waals surface area (Å²) in [4.78, 5) is 16.1. The third kappa shape index (κ3) is 3.63. The molecule has 0 radical (unpaired) electrons. The third-order valence-electron chi connectivity index (χ3n) is 3.63. The minimum Gasteiger partial charge on any atom is -0.497 e. The molecule has 3 aromatic rings. The van der Waals surface area contributed by atoms with Crippen LogP contribution < -0.4 is 10.1 Å². The van der Waals surface area contributed by atoms with Crippen LogP contribution in [-0.2, 0) is 4.79 Å². The van der Waals surface area contributed by atoms with Crippen LogP contribution in [0.25, 0.3) is 21.8 Å².